The highest BCUT2D eigenvalue weighted by molar-refractivity contribution is 6.41. The summed E-state index contributed by atoms with van der Waals surface area (Å²) in [4.78, 5) is 25.0. The van der Waals surface area contributed by atoms with E-state index in [9.17, 15) is 22.8 Å². The number of morpholine rings is 1. The number of carbonyl (C=O) groups excluding carboxylic acids is 2. The van der Waals surface area contributed by atoms with E-state index in [1.807, 2.05) is 0 Å². The minimum absolute atomic E-state index is 0.0869. The first-order valence-electron chi connectivity index (χ1n) is 6.34. The Labute approximate surface area is 129 Å². The van der Waals surface area contributed by atoms with E-state index in [1.165, 1.54) is 4.90 Å². The lowest BCUT2D eigenvalue weighted by Crippen LogP contribution is -2.45. The van der Waals surface area contributed by atoms with Crippen molar-refractivity contribution in [1.82, 2.24) is 4.90 Å². The molecule has 22 heavy (non-hydrogen) atoms. The lowest BCUT2D eigenvalue weighted by molar-refractivity contribution is -0.145. The molecule has 2 amide bonds. The third-order valence-corrected chi connectivity index (χ3v) is 3.36. The molecular formula is C13H12ClF3N2O3. The Bertz CT molecular complexity index is 586. The molecule has 0 unspecified atom stereocenters. The van der Waals surface area contributed by atoms with Gasteiger partial charge < -0.3 is 15.0 Å². The van der Waals surface area contributed by atoms with Gasteiger partial charge in [-0.2, -0.15) is 13.2 Å². The van der Waals surface area contributed by atoms with Crippen molar-refractivity contribution in [1.29, 1.82) is 0 Å². The third kappa shape index (κ3) is 3.89. The second-order valence-electron chi connectivity index (χ2n) is 4.55. The van der Waals surface area contributed by atoms with E-state index >= 15 is 0 Å². The number of hydrogen-bond acceptors (Lipinski definition) is 3. The van der Waals surface area contributed by atoms with Crippen LogP contribution < -0.4 is 5.32 Å². The summed E-state index contributed by atoms with van der Waals surface area (Å²) in [6.07, 6.45) is -4.57. The SMILES string of the molecule is O=C(Nc1cc(C(F)(F)F)ccc1Cl)C(=O)N1CCOCC1. The van der Waals surface area contributed by atoms with Crippen molar-refractivity contribution in [3.05, 3.63) is 28.8 Å². The molecule has 0 spiro atoms. The van der Waals surface area contributed by atoms with E-state index < -0.39 is 23.6 Å². The maximum absolute atomic E-state index is 12.6. The van der Waals surface area contributed by atoms with E-state index in [-0.39, 0.29) is 23.8 Å². The Kier molecular flexibility index (Phi) is 4.92. The van der Waals surface area contributed by atoms with Crippen LogP contribution in [0.2, 0.25) is 5.02 Å². The van der Waals surface area contributed by atoms with Gasteiger partial charge in [0.25, 0.3) is 0 Å². The molecular weight excluding hydrogens is 325 g/mol. The molecule has 1 aliphatic rings. The smallest absolute Gasteiger partial charge is 0.378 e. The normalized spacial score (nSPS) is 15.5. The molecule has 0 atom stereocenters. The van der Waals surface area contributed by atoms with Gasteiger partial charge in [0.1, 0.15) is 0 Å². The lowest BCUT2D eigenvalue weighted by Gasteiger charge is -2.26. The first kappa shape index (κ1) is 16.6. The maximum Gasteiger partial charge on any atom is 0.416 e. The highest BCUT2D eigenvalue weighted by atomic mass is 35.5. The molecule has 1 N–H and O–H groups in total. The second kappa shape index (κ2) is 6.53. The molecule has 1 aliphatic heterocycles. The number of ether oxygens (including phenoxy) is 1. The molecule has 0 aliphatic carbocycles. The number of alkyl halides is 3. The summed E-state index contributed by atoms with van der Waals surface area (Å²) in [6, 6.07) is 2.49. The zero-order valence-corrected chi connectivity index (χ0v) is 12.0. The molecule has 1 aromatic rings. The average molecular weight is 337 g/mol. The van der Waals surface area contributed by atoms with Crippen molar-refractivity contribution in [2.24, 2.45) is 0 Å². The van der Waals surface area contributed by atoms with Crippen LogP contribution in [0.5, 0.6) is 0 Å². The van der Waals surface area contributed by atoms with Gasteiger partial charge in [-0.25, -0.2) is 0 Å². The molecule has 0 bridgehead atoms. The van der Waals surface area contributed by atoms with Crippen LogP contribution in [0, 0.1) is 0 Å². The molecule has 1 aromatic carbocycles. The van der Waals surface area contributed by atoms with Gasteiger partial charge in [0, 0.05) is 13.1 Å². The van der Waals surface area contributed by atoms with Crippen LogP contribution in [-0.2, 0) is 20.5 Å². The number of rotatable bonds is 1. The molecule has 9 heteroatoms. The molecule has 5 nitrogen and oxygen atoms in total. The van der Waals surface area contributed by atoms with Gasteiger partial charge >= 0.3 is 18.0 Å². The first-order valence-corrected chi connectivity index (χ1v) is 6.71. The van der Waals surface area contributed by atoms with Crippen molar-refractivity contribution < 1.29 is 27.5 Å². The fourth-order valence-electron chi connectivity index (χ4n) is 1.88. The number of halogens is 4. The van der Waals surface area contributed by atoms with Crippen LogP contribution in [0.3, 0.4) is 0 Å². The Morgan fingerprint density at radius 3 is 2.45 bits per heavy atom. The van der Waals surface area contributed by atoms with E-state index in [0.29, 0.717) is 19.3 Å². The van der Waals surface area contributed by atoms with Crippen LogP contribution in [0.15, 0.2) is 18.2 Å². The van der Waals surface area contributed by atoms with Gasteiger partial charge in [-0.05, 0) is 18.2 Å². The van der Waals surface area contributed by atoms with Gasteiger partial charge in [-0.15, -0.1) is 0 Å². The van der Waals surface area contributed by atoms with Crippen molar-refractivity contribution in [2.75, 3.05) is 31.6 Å². The minimum atomic E-state index is -4.57. The fraction of sp³-hybridized carbons (Fsp3) is 0.385. The van der Waals surface area contributed by atoms with Gasteiger partial charge in [-0.1, -0.05) is 11.6 Å². The quantitative estimate of drug-likeness (QED) is 0.800. The number of nitrogens with one attached hydrogen (secondary N) is 1. The number of benzene rings is 1. The number of amides is 2. The fourth-order valence-corrected chi connectivity index (χ4v) is 2.05. The summed E-state index contributed by atoms with van der Waals surface area (Å²) in [5, 5.41) is 2.03. The topological polar surface area (TPSA) is 58.6 Å². The van der Waals surface area contributed by atoms with Gasteiger partial charge in [0.15, 0.2) is 0 Å². The summed E-state index contributed by atoms with van der Waals surface area (Å²) < 4.78 is 43.0. The number of anilines is 1. The summed E-state index contributed by atoms with van der Waals surface area (Å²) in [6.45, 7) is 1.12. The summed E-state index contributed by atoms with van der Waals surface area (Å²) in [5.41, 5.74) is -1.23. The van der Waals surface area contributed by atoms with Gasteiger partial charge in [0.2, 0.25) is 0 Å². The van der Waals surface area contributed by atoms with Crippen molar-refractivity contribution in [3.63, 3.8) is 0 Å². The van der Waals surface area contributed by atoms with E-state index in [1.54, 1.807) is 0 Å². The highest BCUT2D eigenvalue weighted by Gasteiger charge is 2.31. The molecule has 1 fully saturated rings. The summed E-state index contributed by atoms with van der Waals surface area (Å²) >= 11 is 5.75. The number of carbonyl (C=O) groups is 2. The summed E-state index contributed by atoms with van der Waals surface area (Å²) in [7, 11) is 0. The molecule has 1 heterocycles. The van der Waals surface area contributed by atoms with E-state index in [2.05, 4.69) is 5.32 Å². The zero-order valence-electron chi connectivity index (χ0n) is 11.2. The molecule has 1 saturated heterocycles. The highest BCUT2D eigenvalue weighted by Crippen LogP contribution is 2.33. The summed E-state index contributed by atoms with van der Waals surface area (Å²) in [5.74, 6) is -1.88. The average Bonchev–Trinajstić information content (AvgIpc) is 2.48. The monoisotopic (exact) mass is 336 g/mol. The molecule has 0 radical (unpaired) electrons. The van der Waals surface area contributed by atoms with Crippen molar-refractivity contribution in [2.45, 2.75) is 6.18 Å². The maximum atomic E-state index is 12.6. The standard InChI is InChI=1S/C13H12ClF3N2O3/c14-9-2-1-8(13(15,16)17)7-10(9)18-11(20)12(21)19-3-5-22-6-4-19/h1-2,7H,3-6H2,(H,18,20). The number of nitrogens with zero attached hydrogens (tertiary/aromatic N) is 1. The predicted molar refractivity (Wildman–Crippen MR) is 72.5 cm³/mol. The van der Waals surface area contributed by atoms with Crippen molar-refractivity contribution in [3.8, 4) is 0 Å². The van der Waals surface area contributed by atoms with Crippen LogP contribution in [0.1, 0.15) is 5.56 Å². The van der Waals surface area contributed by atoms with Crippen LogP contribution in [0.25, 0.3) is 0 Å². The molecule has 0 aromatic heterocycles. The Morgan fingerprint density at radius 2 is 1.86 bits per heavy atom. The Balaban J connectivity index is 2.12. The number of hydrogen-bond donors (Lipinski definition) is 1. The van der Waals surface area contributed by atoms with Crippen LogP contribution in [-0.4, -0.2) is 43.0 Å². The molecule has 2 rings (SSSR count). The zero-order chi connectivity index (χ0) is 16.3. The van der Waals surface area contributed by atoms with Crippen LogP contribution in [0.4, 0.5) is 18.9 Å². The Morgan fingerprint density at radius 1 is 1.23 bits per heavy atom. The van der Waals surface area contributed by atoms with E-state index in [4.69, 9.17) is 16.3 Å². The third-order valence-electron chi connectivity index (χ3n) is 3.03. The first-order chi connectivity index (χ1) is 10.3. The van der Waals surface area contributed by atoms with Crippen molar-refractivity contribution >= 4 is 29.1 Å². The minimum Gasteiger partial charge on any atom is -0.378 e. The Hall–Kier alpha value is -1.80. The second-order valence-corrected chi connectivity index (χ2v) is 4.96. The lowest BCUT2D eigenvalue weighted by atomic mass is 10.2. The van der Waals surface area contributed by atoms with Gasteiger partial charge in [0.05, 0.1) is 29.5 Å². The molecule has 120 valence electrons. The van der Waals surface area contributed by atoms with E-state index in [0.717, 1.165) is 12.1 Å². The largest absolute Gasteiger partial charge is 0.416 e. The predicted octanol–water partition coefficient (Wildman–Crippen LogP) is 2.16. The van der Waals surface area contributed by atoms with Gasteiger partial charge in [-0.3, -0.25) is 9.59 Å². The van der Waals surface area contributed by atoms with Crippen LogP contribution >= 0.6 is 11.6 Å². The molecule has 0 saturated carbocycles.